The van der Waals surface area contributed by atoms with Gasteiger partial charge < -0.3 is 14.5 Å². The van der Waals surface area contributed by atoms with Crippen molar-refractivity contribution in [2.75, 3.05) is 6.54 Å². The maximum absolute atomic E-state index is 13.3. The first-order valence-electron chi connectivity index (χ1n) is 11.8. The Hall–Kier alpha value is -3.68. The molecule has 1 N–H and O–H groups in total. The minimum atomic E-state index is -0.980. The lowest BCUT2D eigenvalue weighted by Crippen LogP contribution is -2.54. The fourth-order valence-electron chi connectivity index (χ4n) is 6.12. The molecule has 2 aliphatic rings. The topological polar surface area (TPSA) is 106 Å². The highest BCUT2D eigenvalue weighted by molar-refractivity contribution is 6.09. The molecule has 2 unspecified atom stereocenters. The third kappa shape index (κ3) is 4.17. The van der Waals surface area contributed by atoms with Crippen molar-refractivity contribution < 1.29 is 23.5 Å². The molecule has 1 aliphatic carbocycles. The van der Waals surface area contributed by atoms with Gasteiger partial charge in [0.15, 0.2) is 0 Å². The van der Waals surface area contributed by atoms with Crippen molar-refractivity contribution in [3.8, 4) is 0 Å². The highest BCUT2D eigenvalue weighted by Gasteiger charge is 2.56. The van der Waals surface area contributed by atoms with Crippen LogP contribution in [0.15, 0.2) is 51.7 Å². The number of fused-ring (bicyclic) bond motifs is 3. The van der Waals surface area contributed by atoms with Gasteiger partial charge in [0, 0.05) is 17.0 Å². The van der Waals surface area contributed by atoms with E-state index < -0.39 is 29.7 Å². The van der Waals surface area contributed by atoms with E-state index in [4.69, 9.17) is 9.15 Å². The van der Waals surface area contributed by atoms with Crippen LogP contribution in [0, 0.1) is 11.3 Å². The van der Waals surface area contributed by atoms with E-state index in [2.05, 4.69) is 26.1 Å². The SMILES string of the molecule is CC1CC(C)(C)CC2(C1)NC(=O)N(CC(=O)OCc1cc(=O)oc3ccc4ccccc4c13)C2=O. The van der Waals surface area contributed by atoms with Gasteiger partial charge in [0.2, 0.25) is 0 Å². The van der Waals surface area contributed by atoms with Crippen LogP contribution in [0.5, 0.6) is 0 Å². The molecule has 182 valence electrons. The zero-order chi connectivity index (χ0) is 25.0. The van der Waals surface area contributed by atoms with Crippen LogP contribution in [0.25, 0.3) is 21.7 Å². The second-order valence-electron chi connectivity index (χ2n) is 10.7. The molecule has 8 nitrogen and oxygen atoms in total. The summed E-state index contributed by atoms with van der Waals surface area (Å²) in [5, 5.41) is 5.37. The Kier molecular flexibility index (Phi) is 5.42. The standard InChI is InChI=1S/C27H28N2O6/c1-16-11-26(2,3)15-27(12-16)24(32)29(25(33)28-27)13-22(31)34-14-18-10-21(30)35-20-9-8-17-6-4-5-7-19(17)23(18)20/h4-10,16H,11-15H2,1-3H3,(H,28,33). The molecule has 2 heterocycles. The van der Waals surface area contributed by atoms with E-state index in [-0.39, 0.29) is 23.8 Å². The molecule has 1 saturated carbocycles. The lowest BCUT2D eigenvalue weighted by Gasteiger charge is -2.43. The zero-order valence-corrected chi connectivity index (χ0v) is 20.1. The van der Waals surface area contributed by atoms with Gasteiger partial charge in [-0.05, 0) is 47.4 Å². The molecule has 0 radical (unpaired) electrons. The first-order chi connectivity index (χ1) is 16.6. The summed E-state index contributed by atoms with van der Waals surface area (Å²) < 4.78 is 10.8. The molecule has 2 atom stereocenters. The first kappa shape index (κ1) is 23.1. The minimum Gasteiger partial charge on any atom is -0.459 e. The van der Waals surface area contributed by atoms with Crippen LogP contribution in [0.2, 0.25) is 0 Å². The number of esters is 1. The number of hydrogen-bond donors (Lipinski definition) is 1. The van der Waals surface area contributed by atoms with Crippen molar-refractivity contribution in [1.82, 2.24) is 10.2 Å². The zero-order valence-electron chi connectivity index (χ0n) is 20.1. The number of rotatable bonds is 4. The van der Waals surface area contributed by atoms with Crippen LogP contribution in [-0.4, -0.2) is 34.9 Å². The van der Waals surface area contributed by atoms with E-state index in [1.807, 2.05) is 30.3 Å². The molecule has 3 amide bonds. The summed E-state index contributed by atoms with van der Waals surface area (Å²) in [4.78, 5) is 51.7. The molecule has 35 heavy (non-hydrogen) atoms. The number of nitrogens with one attached hydrogen (secondary N) is 1. The monoisotopic (exact) mass is 476 g/mol. The maximum Gasteiger partial charge on any atom is 0.336 e. The summed E-state index contributed by atoms with van der Waals surface area (Å²) in [6.45, 7) is 5.58. The molecule has 1 aliphatic heterocycles. The number of urea groups is 1. The highest BCUT2D eigenvalue weighted by Crippen LogP contribution is 2.46. The lowest BCUT2D eigenvalue weighted by molar-refractivity contribution is -0.149. The normalized spacial score (nSPS) is 23.7. The summed E-state index contributed by atoms with van der Waals surface area (Å²) in [5.74, 6) is -0.839. The third-order valence-electron chi connectivity index (χ3n) is 7.01. The summed E-state index contributed by atoms with van der Waals surface area (Å²) in [6, 6.07) is 11.9. The number of benzene rings is 2. The number of hydrogen-bond acceptors (Lipinski definition) is 6. The Morgan fingerprint density at radius 1 is 1.14 bits per heavy atom. The molecule has 1 saturated heterocycles. The summed E-state index contributed by atoms with van der Waals surface area (Å²) in [6.07, 6.45) is 2.04. The van der Waals surface area contributed by atoms with E-state index >= 15 is 0 Å². The minimum absolute atomic E-state index is 0.102. The van der Waals surface area contributed by atoms with Gasteiger partial charge >= 0.3 is 17.6 Å². The van der Waals surface area contributed by atoms with Gasteiger partial charge in [0.05, 0.1) is 0 Å². The van der Waals surface area contributed by atoms with Gasteiger partial charge in [0.25, 0.3) is 5.91 Å². The number of carbonyl (C=O) groups excluding carboxylic acids is 3. The predicted octanol–water partition coefficient (Wildman–Crippen LogP) is 4.13. The van der Waals surface area contributed by atoms with Crippen molar-refractivity contribution in [3.63, 3.8) is 0 Å². The largest absolute Gasteiger partial charge is 0.459 e. The van der Waals surface area contributed by atoms with E-state index in [0.29, 0.717) is 29.4 Å². The van der Waals surface area contributed by atoms with Gasteiger partial charge in [-0.1, -0.05) is 51.1 Å². The second-order valence-corrected chi connectivity index (χ2v) is 10.7. The molecule has 2 aromatic carbocycles. The van der Waals surface area contributed by atoms with Crippen molar-refractivity contribution in [1.29, 1.82) is 0 Å². The van der Waals surface area contributed by atoms with E-state index in [1.54, 1.807) is 6.07 Å². The highest BCUT2D eigenvalue weighted by atomic mass is 16.5. The first-order valence-corrected chi connectivity index (χ1v) is 11.8. The van der Waals surface area contributed by atoms with E-state index in [0.717, 1.165) is 22.1 Å². The van der Waals surface area contributed by atoms with Crippen LogP contribution in [-0.2, 0) is 20.9 Å². The Balaban J connectivity index is 1.35. The van der Waals surface area contributed by atoms with Crippen LogP contribution in [0.3, 0.4) is 0 Å². The lowest BCUT2D eigenvalue weighted by atomic mass is 9.64. The Morgan fingerprint density at radius 2 is 1.91 bits per heavy atom. The van der Waals surface area contributed by atoms with Gasteiger partial charge in [-0.25, -0.2) is 9.59 Å². The summed E-state index contributed by atoms with van der Waals surface area (Å²) in [5.41, 5.74) is -0.740. The number of amides is 3. The molecular formula is C27H28N2O6. The van der Waals surface area contributed by atoms with Crippen molar-refractivity contribution in [2.24, 2.45) is 11.3 Å². The van der Waals surface area contributed by atoms with Crippen LogP contribution in [0.4, 0.5) is 4.79 Å². The van der Waals surface area contributed by atoms with Crippen LogP contribution < -0.4 is 10.9 Å². The number of carbonyl (C=O) groups is 3. The van der Waals surface area contributed by atoms with Gasteiger partial charge in [0.1, 0.15) is 24.3 Å². The molecule has 1 aromatic heterocycles. The second kappa shape index (κ2) is 8.22. The van der Waals surface area contributed by atoms with Crippen molar-refractivity contribution in [3.05, 3.63) is 58.4 Å². The van der Waals surface area contributed by atoms with Gasteiger partial charge in [-0.2, -0.15) is 0 Å². The number of ether oxygens (including phenoxy) is 1. The van der Waals surface area contributed by atoms with Crippen molar-refractivity contribution >= 4 is 39.6 Å². The summed E-state index contributed by atoms with van der Waals surface area (Å²) >= 11 is 0. The van der Waals surface area contributed by atoms with Gasteiger partial charge in [-0.15, -0.1) is 0 Å². The van der Waals surface area contributed by atoms with E-state index in [9.17, 15) is 19.2 Å². The van der Waals surface area contributed by atoms with Crippen LogP contribution in [0.1, 0.15) is 45.6 Å². The molecule has 0 bridgehead atoms. The van der Waals surface area contributed by atoms with E-state index in [1.165, 1.54) is 6.07 Å². The third-order valence-corrected chi connectivity index (χ3v) is 7.01. The molecular weight excluding hydrogens is 448 g/mol. The van der Waals surface area contributed by atoms with Crippen molar-refractivity contribution in [2.45, 2.75) is 52.2 Å². The molecule has 3 aromatic rings. The maximum atomic E-state index is 13.3. The fraction of sp³-hybridized carbons (Fsp3) is 0.407. The Labute approximate surface area is 202 Å². The molecule has 2 fully saturated rings. The average Bonchev–Trinajstić information content (AvgIpc) is 2.98. The average molecular weight is 477 g/mol. The Morgan fingerprint density at radius 3 is 2.69 bits per heavy atom. The quantitative estimate of drug-likeness (QED) is 0.263. The van der Waals surface area contributed by atoms with Crippen LogP contribution >= 0.6 is 0 Å². The smallest absolute Gasteiger partial charge is 0.336 e. The number of nitrogens with zero attached hydrogens (tertiary/aromatic N) is 1. The van der Waals surface area contributed by atoms with Gasteiger partial charge in [-0.3, -0.25) is 14.5 Å². The number of imide groups is 1. The molecule has 8 heteroatoms. The Bertz CT molecular complexity index is 1420. The molecule has 1 spiro atoms. The molecule has 5 rings (SSSR count). The fourth-order valence-corrected chi connectivity index (χ4v) is 6.12. The summed E-state index contributed by atoms with van der Waals surface area (Å²) in [7, 11) is 0. The predicted molar refractivity (Wildman–Crippen MR) is 130 cm³/mol.